The Labute approximate surface area is 161 Å². The van der Waals surface area contributed by atoms with Gasteiger partial charge in [-0.05, 0) is 31.0 Å². The number of benzene rings is 1. The summed E-state index contributed by atoms with van der Waals surface area (Å²) >= 11 is 0. The number of nitrogens with zero attached hydrogens (tertiary/aromatic N) is 2. The number of aliphatic imine (C=N–C) groups is 1. The van der Waals surface area contributed by atoms with Crippen LogP contribution >= 0.6 is 0 Å². The number of hydrogen-bond donors (Lipinski definition) is 2. The van der Waals surface area contributed by atoms with Crippen LogP contribution in [0.1, 0.15) is 48.9 Å². The van der Waals surface area contributed by atoms with Crippen molar-refractivity contribution in [1.29, 1.82) is 0 Å². The fraction of sp³-hybridized carbons (Fsp3) is 0.474. The minimum absolute atomic E-state index is 0.0976. The first kappa shape index (κ1) is 21.7. The highest BCUT2D eigenvalue weighted by atomic mass is 19.4. The van der Waals surface area contributed by atoms with E-state index in [1.54, 1.807) is 0 Å². The molecule has 0 aliphatic heterocycles. The molecule has 1 aromatic carbocycles. The number of nitrogens with one attached hydrogen (secondary N) is 2. The predicted octanol–water partition coefficient (Wildman–Crippen LogP) is 4.21. The van der Waals surface area contributed by atoms with Crippen LogP contribution in [0.5, 0.6) is 0 Å². The van der Waals surface area contributed by atoms with Gasteiger partial charge >= 0.3 is 6.18 Å². The van der Waals surface area contributed by atoms with Crippen LogP contribution < -0.4 is 10.6 Å². The molecule has 0 amide bonds. The van der Waals surface area contributed by atoms with E-state index in [0.717, 1.165) is 29.2 Å². The second-order valence-corrected chi connectivity index (χ2v) is 6.09. The summed E-state index contributed by atoms with van der Waals surface area (Å²) < 4.78 is 58.0. The molecule has 0 radical (unpaired) electrons. The number of guanidine groups is 1. The molecule has 0 spiro atoms. The molecule has 2 aromatic rings. The third kappa shape index (κ3) is 5.46. The molecule has 0 saturated carbocycles. The molecule has 5 nitrogen and oxygen atoms in total. The molecule has 1 aromatic heterocycles. The Morgan fingerprint density at radius 2 is 1.89 bits per heavy atom. The lowest BCUT2D eigenvalue weighted by Crippen LogP contribution is -2.37. The van der Waals surface area contributed by atoms with Crippen molar-refractivity contribution in [2.75, 3.05) is 6.54 Å². The third-order valence-electron chi connectivity index (χ3n) is 4.17. The largest absolute Gasteiger partial charge is 0.416 e. The van der Waals surface area contributed by atoms with Gasteiger partial charge in [0.05, 0.1) is 17.8 Å². The van der Waals surface area contributed by atoms with Crippen molar-refractivity contribution in [2.45, 2.75) is 52.9 Å². The average molecular weight is 400 g/mol. The van der Waals surface area contributed by atoms with Crippen LogP contribution in [-0.2, 0) is 32.1 Å². The van der Waals surface area contributed by atoms with Crippen LogP contribution in [0.15, 0.2) is 27.7 Å². The van der Waals surface area contributed by atoms with Crippen LogP contribution in [0.25, 0.3) is 0 Å². The van der Waals surface area contributed by atoms with E-state index in [1.807, 2.05) is 20.8 Å². The molecule has 0 atom stereocenters. The molecule has 28 heavy (non-hydrogen) atoms. The van der Waals surface area contributed by atoms with Gasteiger partial charge in [0.15, 0.2) is 5.96 Å². The summed E-state index contributed by atoms with van der Waals surface area (Å²) in [6.45, 7) is 6.45. The first-order valence-corrected chi connectivity index (χ1v) is 9.14. The first-order chi connectivity index (χ1) is 13.3. The van der Waals surface area contributed by atoms with E-state index in [1.165, 1.54) is 0 Å². The Hall–Kier alpha value is -2.58. The minimum atomic E-state index is -4.65. The summed E-state index contributed by atoms with van der Waals surface area (Å²) in [6, 6.07) is 2.59. The predicted molar refractivity (Wildman–Crippen MR) is 98.3 cm³/mol. The van der Waals surface area contributed by atoms with Crippen molar-refractivity contribution in [2.24, 2.45) is 4.99 Å². The fourth-order valence-electron chi connectivity index (χ4n) is 2.77. The van der Waals surface area contributed by atoms with Gasteiger partial charge < -0.3 is 15.2 Å². The highest BCUT2D eigenvalue weighted by Crippen LogP contribution is 2.32. The van der Waals surface area contributed by atoms with Gasteiger partial charge in [0, 0.05) is 25.1 Å². The molecule has 0 aliphatic rings. The van der Waals surface area contributed by atoms with Gasteiger partial charge in [0.25, 0.3) is 0 Å². The van der Waals surface area contributed by atoms with Gasteiger partial charge in [-0.2, -0.15) is 13.2 Å². The number of alkyl halides is 3. The number of hydrogen-bond acceptors (Lipinski definition) is 3. The Morgan fingerprint density at radius 1 is 1.14 bits per heavy atom. The van der Waals surface area contributed by atoms with Crippen LogP contribution in [0.2, 0.25) is 0 Å². The van der Waals surface area contributed by atoms with Crippen LogP contribution in [-0.4, -0.2) is 17.7 Å². The molecule has 2 N–H and O–H groups in total. The van der Waals surface area contributed by atoms with Crippen molar-refractivity contribution in [3.63, 3.8) is 0 Å². The van der Waals surface area contributed by atoms with E-state index < -0.39 is 17.6 Å². The zero-order valence-electron chi connectivity index (χ0n) is 16.1. The zero-order chi connectivity index (χ0) is 20.7. The quantitative estimate of drug-likeness (QED) is 0.415. The van der Waals surface area contributed by atoms with Crippen LogP contribution in [0, 0.1) is 5.82 Å². The Bertz CT molecular complexity index is 793. The van der Waals surface area contributed by atoms with E-state index in [4.69, 9.17) is 4.52 Å². The monoisotopic (exact) mass is 400 g/mol. The van der Waals surface area contributed by atoms with Gasteiger partial charge in [-0.1, -0.05) is 25.1 Å². The van der Waals surface area contributed by atoms with Gasteiger partial charge in [0.2, 0.25) is 0 Å². The summed E-state index contributed by atoms with van der Waals surface area (Å²) in [5.74, 6) is 0.181. The zero-order valence-corrected chi connectivity index (χ0v) is 16.1. The molecule has 154 valence electrons. The van der Waals surface area contributed by atoms with Crippen LogP contribution in [0.3, 0.4) is 0 Å². The summed E-state index contributed by atoms with van der Waals surface area (Å²) in [5, 5.41) is 10.1. The first-order valence-electron chi connectivity index (χ1n) is 9.14. The molecule has 0 fully saturated rings. The van der Waals surface area contributed by atoms with Gasteiger partial charge in [0.1, 0.15) is 11.6 Å². The highest BCUT2D eigenvalue weighted by Gasteiger charge is 2.33. The van der Waals surface area contributed by atoms with Gasteiger partial charge in [-0.3, -0.25) is 0 Å². The van der Waals surface area contributed by atoms with Crippen molar-refractivity contribution >= 4 is 5.96 Å². The lowest BCUT2D eigenvalue weighted by Gasteiger charge is -2.14. The Morgan fingerprint density at radius 3 is 2.50 bits per heavy atom. The summed E-state index contributed by atoms with van der Waals surface area (Å²) in [6.07, 6.45) is -3.26. The Kier molecular flexibility index (Phi) is 7.42. The average Bonchev–Trinajstić information content (AvgIpc) is 3.06. The lowest BCUT2D eigenvalue weighted by atomic mass is 10.1. The Balaban J connectivity index is 2.19. The highest BCUT2D eigenvalue weighted by molar-refractivity contribution is 5.79. The molecule has 0 unspecified atom stereocenters. The van der Waals surface area contributed by atoms with Crippen molar-refractivity contribution in [3.8, 4) is 0 Å². The van der Waals surface area contributed by atoms with Gasteiger partial charge in [-0.15, -0.1) is 0 Å². The van der Waals surface area contributed by atoms with Gasteiger partial charge in [-0.25, -0.2) is 9.38 Å². The second-order valence-electron chi connectivity index (χ2n) is 6.09. The molecule has 1 heterocycles. The van der Waals surface area contributed by atoms with E-state index in [0.29, 0.717) is 38.0 Å². The maximum atomic E-state index is 13.2. The molecule has 0 saturated heterocycles. The number of aryl methyl sites for hydroxylation is 2. The van der Waals surface area contributed by atoms with E-state index in [-0.39, 0.29) is 12.1 Å². The number of halogens is 4. The summed E-state index contributed by atoms with van der Waals surface area (Å²) in [5.41, 5.74) is 0.638. The molecular formula is C19H24F4N4O. The van der Waals surface area contributed by atoms with E-state index >= 15 is 0 Å². The standard InChI is InChI=1S/C19H24F4N4O/c1-4-16-14(17(5-2)28-27-16)11-26-18(24-6-3)25-10-12-7-8-13(20)9-15(12)19(21,22)23/h7-9H,4-6,10-11H2,1-3H3,(H2,24,25,26). The maximum absolute atomic E-state index is 13.2. The van der Waals surface area contributed by atoms with Crippen molar-refractivity contribution < 1.29 is 22.1 Å². The van der Waals surface area contributed by atoms with Crippen molar-refractivity contribution in [1.82, 2.24) is 15.8 Å². The smallest absolute Gasteiger partial charge is 0.361 e. The lowest BCUT2D eigenvalue weighted by molar-refractivity contribution is -0.138. The van der Waals surface area contributed by atoms with E-state index in [2.05, 4.69) is 20.8 Å². The SMILES string of the molecule is CCNC(=NCc1ccc(F)cc1C(F)(F)F)NCc1c(CC)noc1CC. The molecule has 2 rings (SSSR count). The maximum Gasteiger partial charge on any atom is 0.416 e. The molecule has 9 heteroatoms. The van der Waals surface area contributed by atoms with Crippen LogP contribution in [0.4, 0.5) is 17.6 Å². The topological polar surface area (TPSA) is 62.5 Å². The third-order valence-corrected chi connectivity index (χ3v) is 4.17. The molecular weight excluding hydrogens is 376 g/mol. The summed E-state index contributed by atoms with van der Waals surface area (Å²) in [7, 11) is 0. The molecule has 0 aliphatic carbocycles. The minimum Gasteiger partial charge on any atom is -0.361 e. The number of rotatable bonds is 7. The van der Waals surface area contributed by atoms with Crippen molar-refractivity contribution in [3.05, 3.63) is 52.2 Å². The normalized spacial score (nSPS) is 12.3. The number of aromatic nitrogens is 1. The molecule has 0 bridgehead atoms. The fourth-order valence-corrected chi connectivity index (χ4v) is 2.77. The summed E-state index contributed by atoms with van der Waals surface area (Å²) in [4.78, 5) is 4.22. The van der Waals surface area contributed by atoms with E-state index in [9.17, 15) is 17.6 Å². The second kappa shape index (κ2) is 9.57.